The van der Waals surface area contributed by atoms with Gasteiger partial charge in [0.2, 0.25) is 5.88 Å². The van der Waals surface area contributed by atoms with Crippen LogP contribution in [0.4, 0.5) is 4.39 Å². The van der Waals surface area contributed by atoms with Crippen molar-refractivity contribution in [3.8, 4) is 5.88 Å². The first-order valence-corrected chi connectivity index (χ1v) is 7.87. The highest BCUT2D eigenvalue weighted by Crippen LogP contribution is 2.18. The topological polar surface area (TPSA) is 39.1 Å². The Balaban J connectivity index is 0.00000225. The zero-order valence-electron chi connectivity index (χ0n) is 14.0. The van der Waals surface area contributed by atoms with Crippen LogP contribution < -0.4 is 10.1 Å². The molecule has 0 saturated heterocycles. The third-order valence-electron chi connectivity index (χ3n) is 3.66. The molecule has 0 aliphatic heterocycles. The molecule has 1 N–H and O–H groups in total. The maximum Gasteiger partial charge on any atom is 0.212 e. The van der Waals surface area contributed by atoms with Crippen molar-refractivity contribution in [2.45, 2.75) is 19.7 Å². The Hall–Kier alpha value is -2.37. The Morgan fingerprint density at radius 3 is 2.52 bits per heavy atom. The number of ether oxygens (including phenoxy) is 1. The van der Waals surface area contributed by atoms with Gasteiger partial charge in [0, 0.05) is 18.2 Å². The number of rotatable bonds is 7. The zero-order chi connectivity index (χ0) is 16.8. The van der Waals surface area contributed by atoms with Gasteiger partial charge >= 0.3 is 0 Å². The summed E-state index contributed by atoms with van der Waals surface area (Å²) in [5, 5.41) is 7.58. The van der Waals surface area contributed by atoms with Crippen LogP contribution in [0.5, 0.6) is 5.88 Å². The molecule has 0 fully saturated rings. The first-order valence-electron chi connectivity index (χ1n) is 7.87. The number of aromatic nitrogens is 2. The molecule has 1 aromatic heterocycles. The molecule has 25 heavy (non-hydrogen) atoms. The van der Waals surface area contributed by atoms with Gasteiger partial charge in [-0.3, -0.25) is 0 Å². The molecule has 6 heteroatoms. The van der Waals surface area contributed by atoms with E-state index in [0.29, 0.717) is 31.1 Å². The quantitative estimate of drug-likeness (QED) is 0.696. The molecule has 3 rings (SSSR count). The minimum absolute atomic E-state index is 0. The molecule has 0 atom stereocenters. The highest BCUT2D eigenvalue weighted by molar-refractivity contribution is 5.85. The van der Waals surface area contributed by atoms with Crippen LogP contribution in [0.2, 0.25) is 0 Å². The summed E-state index contributed by atoms with van der Waals surface area (Å²) in [6.07, 6.45) is 0. The summed E-state index contributed by atoms with van der Waals surface area (Å²) in [4.78, 5) is 0. The van der Waals surface area contributed by atoms with Gasteiger partial charge in [-0.2, -0.15) is 5.10 Å². The lowest BCUT2D eigenvalue weighted by atomic mass is 10.2. The molecule has 2 aromatic carbocycles. The molecule has 0 bridgehead atoms. The van der Waals surface area contributed by atoms with E-state index in [2.05, 4.69) is 10.4 Å². The summed E-state index contributed by atoms with van der Waals surface area (Å²) in [6, 6.07) is 18.5. The Bertz CT molecular complexity index is 792. The van der Waals surface area contributed by atoms with Gasteiger partial charge in [0.05, 0.1) is 12.2 Å². The fourth-order valence-electron chi connectivity index (χ4n) is 2.47. The maximum atomic E-state index is 13.9. The summed E-state index contributed by atoms with van der Waals surface area (Å²) >= 11 is 0. The van der Waals surface area contributed by atoms with Crippen LogP contribution in [-0.4, -0.2) is 16.8 Å². The Morgan fingerprint density at radius 1 is 1.08 bits per heavy atom. The van der Waals surface area contributed by atoms with Crippen LogP contribution in [0.15, 0.2) is 60.7 Å². The Morgan fingerprint density at radius 2 is 1.80 bits per heavy atom. The van der Waals surface area contributed by atoms with Gasteiger partial charge in [0.1, 0.15) is 12.4 Å². The number of halogens is 2. The second kappa shape index (κ2) is 9.20. The summed E-state index contributed by atoms with van der Waals surface area (Å²) < 4.78 is 21.5. The van der Waals surface area contributed by atoms with Gasteiger partial charge in [-0.15, -0.1) is 12.4 Å². The third kappa shape index (κ3) is 5.05. The molecule has 0 amide bonds. The van der Waals surface area contributed by atoms with E-state index in [1.54, 1.807) is 16.8 Å². The molecule has 4 nitrogen and oxygen atoms in total. The highest BCUT2D eigenvalue weighted by atomic mass is 35.5. The number of nitrogens with zero attached hydrogens (tertiary/aromatic N) is 2. The van der Waals surface area contributed by atoms with Crippen LogP contribution >= 0.6 is 12.4 Å². The summed E-state index contributed by atoms with van der Waals surface area (Å²) in [6.45, 7) is 1.41. The van der Waals surface area contributed by atoms with Crippen molar-refractivity contribution in [3.05, 3.63) is 83.3 Å². The molecule has 0 radical (unpaired) electrons. The molecule has 1 heterocycles. The second-order valence-corrected chi connectivity index (χ2v) is 5.53. The number of hydrogen-bond acceptors (Lipinski definition) is 3. The van der Waals surface area contributed by atoms with Crippen molar-refractivity contribution in [2.24, 2.45) is 0 Å². The first kappa shape index (κ1) is 19.0. The average molecular weight is 362 g/mol. The van der Waals surface area contributed by atoms with Gasteiger partial charge in [-0.05, 0) is 18.7 Å². The smallest absolute Gasteiger partial charge is 0.212 e. The monoisotopic (exact) mass is 361 g/mol. The SMILES string of the molecule is CNCc1cc(OCc2ccccc2)n(Cc2ccccc2F)n1.Cl. The van der Waals surface area contributed by atoms with E-state index in [1.165, 1.54) is 6.07 Å². The first-order chi connectivity index (χ1) is 11.8. The molecule has 0 unspecified atom stereocenters. The molecule has 0 aliphatic rings. The molecule has 0 aliphatic carbocycles. The molecule has 0 saturated carbocycles. The minimum atomic E-state index is -0.239. The minimum Gasteiger partial charge on any atom is -0.473 e. The molecule has 132 valence electrons. The van der Waals surface area contributed by atoms with E-state index in [0.717, 1.165) is 11.3 Å². The lowest BCUT2D eigenvalue weighted by Crippen LogP contribution is -2.09. The van der Waals surface area contributed by atoms with Crippen LogP contribution in [0.3, 0.4) is 0 Å². The standard InChI is InChI=1S/C19H20FN3O.ClH/c1-21-12-17-11-19(24-14-15-7-3-2-4-8-15)23(22-17)13-16-9-5-6-10-18(16)20;/h2-11,21H,12-14H2,1H3;1H. The third-order valence-corrected chi connectivity index (χ3v) is 3.66. The van der Waals surface area contributed by atoms with E-state index < -0.39 is 0 Å². The van der Waals surface area contributed by atoms with Crippen molar-refractivity contribution in [1.29, 1.82) is 0 Å². The fraction of sp³-hybridized carbons (Fsp3) is 0.211. The lowest BCUT2D eigenvalue weighted by Gasteiger charge is -2.10. The maximum absolute atomic E-state index is 13.9. The van der Waals surface area contributed by atoms with Crippen molar-refractivity contribution < 1.29 is 9.13 Å². The number of hydrogen-bond donors (Lipinski definition) is 1. The second-order valence-electron chi connectivity index (χ2n) is 5.53. The number of nitrogens with one attached hydrogen (secondary N) is 1. The van der Waals surface area contributed by atoms with Gasteiger partial charge < -0.3 is 10.1 Å². The zero-order valence-corrected chi connectivity index (χ0v) is 14.8. The number of benzene rings is 2. The summed E-state index contributed by atoms with van der Waals surface area (Å²) in [5.74, 6) is 0.393. The van der Waals surface area contributed by atoms with Gasteiger partial charge in [0.25, 0.3) is 0 Å². The van der Waals surface area contributed by atoms with Gasteiger partial charge in [0.15, 0.2) is 0 Å². The molecular formula is C19H21ClFN3O. The average Bonchev–Trinajstić information content (AvgIpc) is 2.98. The van der Waals surface area contributed by atoms with E-state index in [1.807, 2.05) is 49.5 Å². The van der Waals surface area contributed by atoms with Crippen LogP contribution in [0.25, 0.3) is 0 Å². The van der Waals surface area contributed by atoms with E-state index >= 15 is 0 Å². The van der Waals surface area contributed by atoms with Crippen molar-refractivity contribution in [3.63, 3.8) is 0 Å². The molecule has 0 spiro atoms. The normalized spacial score (nSPS) is 10.3. The Kier molecular flexibility index (Phi) is 6.98. The predicted molar refractivity (Wildman–Crippen MR) is 98.5 cm³/mol. The largest absolute Gasteiger partial charge is 0.473 e. The highest BCUT2D eigenvalue weighted by Gasteiger charge is 2.11. The van der Waals surface area contributed by atoms with Gasteiger partial charge in [-0.25, -0.2) is 9.07 Å². The van der Waals surface area contributed by atoms with Crippen LogP contribution in [0.1, 0.15) is 16.8 Å². The molecule has 3 aromatic rings. The van der Waals surface area contributed by atoms with E-state index in [-0.39, 0.29) is 18.2 Å². The van der Waals surface area contributed by atoms with E-state index in [4.69, 9.17) is 4.74 Å². The van der Waals surface area contributed by atoms with Crippen LogP contribution in [0, 0.1) is 5.82 Å². The fourth-order valence-corrected chi connectivity index (χ4v) is 2.47. The van der Waals surface area contributed by atoms with Gasteiger partial charge in [-0.1, -0.05) is 48.5 Å². The lowest BCUT2D eigenvalue weighted by molar-refractivity contribution is 0.275. The Labute approximate surface area is 153 Å². The summed E-state index contributed by atoms with van der Waals surface area (Å²) in [7, 11) is 1.86. The van der Waals surface area contributed by atoms with Crippen molar-refractivity contribution >= 4 is 12.4 Å². The van der Waals surface area contributed by atoms with Crippen molar-refractivity contribution in [2.75, 3.05) is 7.05 Å². The van der Waals surface area contributed by atoms with E-state index in [9.17, 15) is 4.39 Å². The molecular weight excluding hydrogens is 341 g/mol. The van der Waals surface area contributed by atoms with Crippen molar-refractivity contribution in [1.82, 2.24) is 15.1 Å². The summed E-state index contributed by atoms with van der Waals surface area (Å²) in [5.41, 5.74) is 2.52. The predicted octanol–water partition coefficient (Wildman–Crippen LogP) is 3.79. The van der Waals surface area contributed by atoms with Crippen LogP contribution in [-0.2, 0) is 19.7 Å².